The summed E-state index contributed by atoms with van der Waals surface area (Å²) < 4.78 is 65.3. The molecule has 3 aliphatic rings. The van der Waals surface area contributed by atoms with Gasteiger partial charge in [-0.1, -0.05) is 11.6 Å². The fourth-order valence-electron chi connectivity index (χ4n) is 4.36. The van der Waals surface area contributed by atoms with Gasteiger partial charge in [-0.15, -0.1) is 13.2 Å². The molecule has 0 radical (unpaired) electrons. The monoisotopic (exact) mass is 516 g/mol. The lowest BCUT2D eigenvalue weighted by atomic mass is 9.64. The molecule has 0 atom stereocenters. The summed E-state index contributed by atoms with van der Waals surface area (Å²) in [5.41, 5.74) is -1.29. The molecular formula is C23H21ClF4N2O5. The number of anilines is 1. The van der Waals surface area contributed by atoms with Gasteiger partial charge in [-0.3, -0.25) is 9.59 Å². The van der Waals surface area contributed by atoms with Crippen molar-refractivity contribution in [3.8, 4) is 11.6 Å². The Morgan fingerprint density at radius 2 is 1.89 bits per heavy atom. The molecule has 2 saturated heterocycles. The normalized spacial score (nSPS) is 23.6. The number of carbonyl (C=O) groups is 2. The zero-order valence-electron chi connectivity index (χ0n) is 18.3. The van der Waals surface area contributed by atoms with E-state index < -0.39 is 35.0 Å². The molecule has 3 fully saturated rings. The first kappa shape index (κ1) is 25.2. The van der Waals surface area contributed by atoms with Gasteiger partial charge in [0.05, 0.1) is 23.5 Å². The van der Waals surface area contributed by atoms with Gasteiger partial charge >= 0.3 is 6.36 Å². The Morgan fingerprint density at radius 3 is 2.46 bits per heavy atom. The van der Waals surface area contributed by atoms with Gasteiger partial charge in [0.15, 0.2) is 5.78 Å². The lowest BCUT2D eigenvalue weighted by Gasteiger charge is -2.51. The summed E-state index contributed by atoms with van der Waals surface area (Å²) in [4.78, 5) is 29.0. The summed E-state index contributed by atoms with van der Waals surface area (Å²) in [6.07, 6.45) is -1.66. The second kappa shape index (κ2) is 9.62. The van der Waals surface area contributed by atoms with E-state index >= 15 is 0 Å². The molecule has 0 spiro atoms. The molecule has 1 N–H and O–H groups in total. The lowest BCUT2D eigenvalue weighted by Crippen LogP contribution is -2.57. The first-order valence-corrected chi connectivity index (χ1v) is 11.1. The van der Waals surface area contributed by atoms with Crippen LogP contribution in [0.4, 0.5) is 23.2 Å². The number of aromatic nitrogens is 1. The number of ketones is 1. The molecular weight excluding hydrogens is 496 g/mol. The van der Waals surface area contributed by atoms with Crippen LogP contribution in [0, 0.1) is 11.2 Å². The maximum Gasteiger partial charge on any atom is 0.574 e. The number of nitrogens with zero attached hydrogens (tertiary/aromatic N) is 1. The van der Waals surface area contributed by atoms with Crippen LogP contribution in [-0.2, 0) is 14.3 Å². The molecule has 188 valence electrons. The Bertz CT molecular complexity index is 1090. The molecule has 1 aromatic carbocycles. The number of halogens is 5. The van der Waals surface area contributed by atoms with E-state index in [1.807, 2.05) is 0 Å². The number of amides is 1. The zero-order valence-corrected chi connectivity index (χ0v) is 19.0. The summed E-state index contributed by atoms with van der Waals surface area (Å²) in [6.45, 7) is -0.0200. The summed E-state index contributed by atoms with van der Waals surface area (Å²) in [5.74, 6) is -1.67. The Labute approximate surface area is 202 Å². The first-order valence-electron chi connectivity index (χ1n) is 10.7. The van der Waals surface area contributed by atoms with Crippen molar-refractivity contribution < 1.29 is 41.4 Å². The van der Waals surface area contributed by atoms with E-state index in [-0.39, 0.29) is 41.9 Å². The van der Waals surface area contributed by atoms with Gasteiger partial charge in [0, 0.05) is 24.0 Å². The third kappa shape index (κ3) is 6.02. The maximum absolute atomic E-state index is 13.5. The Balaban J connectivity index is 1.28. The van der Waals surface area contributed by atoms with Crippen molar-refractivity contribution in [2.24, 2.45) is 5.41 Å². The van der Waals surface area contributed by atoms with E-state index in [0.29, 0.717) is 25.7 Å². The van der Waals surface area contributed by atoms with Gasteiger partial charge in [0.2, 0.25) is 5.88 Å². The van der Waals surface area contributed by atoms with Crippen molar-refractivity contribution in [3.05, 3.63) is 47.4 Å². The smallest absolute Gasteiger partial charge is 0.486 e. The van der Waals surface area contributed by atoms with Gasteiger partial charge in [-0.2, -0.15) is 0 Å². The van der Waals surface area contributed by atoms with E-state index in [9.17, 15) is 27.2 Å². The topological polar surface area (TPSA) is 86.8 Å². The fourth-order valence-corrected chi connectivity index (χ4v) is 4.48. The minimum atomic E-state index is -4.86. The Morgan fingerprint density at radius 1 is 1.14 bits per heavy atom. The van der Waals surface area contributed by atoms with E-state index in [1.165, 1.54) is 18.2 Å². The van der Waals surface area contributed by atoms with E-state index in [1.54, 1.807) is 0 Å². The highest BCUT2D eigenvalue weighted by molar-refractivity contribution is 6.30. The number of pyridine rings is 1. The molecule has 1 saturated carbocycles. The number of hydrogen-bond acceptors (Lipinski definition) is 6. The summed E-state index contributed by atoms with van der Waals surface area (Å²) in [5, 5.41) is 2.59. The minimum absolute atomic E-state index is 0.0413. The van der Waals surface area contributed by atoms with Gasteiger partial charge in [0.1, 0.15) is 23.8 Å². The van der Waals surface area contributed by atoms with Crippen LogP contribution >= 0.6 is 11.6 Å². The Kier molecular flexibility index (Phi) is 6.92. The molecule has 3 heterocycles. The molecule has 2 aliphatic heterocycles. The number of Topliss-reactive ketones (excluding diaryl/α,β-unsaturated/α-hetero) is 1. The second-order valence-corrected chi connectivity index (χ2v) is 9.16. The van der Waals surface area contributed by atoms with E-state index in [4.69, 9.17) is 21.1 Å². The molecule has 5 rings (SSSR count). The molecule has 0 unspecified atom stereocenters. The second-order valence-electron chi connectivity index (χ2n) is 8.75. The molecule has 2 aromatic rings. The van der Waals surface area contributed by atoms with Gasteiger partial charge < -0.3 is 19.5 Å². The van der Waals surface area contributed by atoms with Crippen LogP contribution in [-0.4, -0.2) is 41.9 Å². The van der Waals surface area contributed by atoms with Gasteiger partial charge in [-0.05, 0) is 43.9 Å². The van der Waals surface area contributed by atoms with Gasteiger partial charge in [-0.25, -0.2) is 9.37 Å². The van der Waals surface area contributed by atoms with Gasteiger partial charge in [0.25, 0.3) is 5.91 Å². The van der Waals surface area contributed by atoms with Crippen LogP contribution in [0.2, 0.25) is 5.02 Å². The van der Waals surface area contributed by atoms with Crippen molar-refractivity contribution in [3.63, 3.8) is 0 Å². The third-order valence-electron chi connectivity index (χ3n) is 6.26. The fraction of sp³-hybridized carbons (Fsp3) is 0.435. The third-order valence-corrected chi connectivity index (χ3v) is 6.57. The number of nitrogens with one attached hydrogen (secondary N) is 1. The lowest BCUT2D eigenvalue weighted by molar-refractivity contribution is -0.276. The average Bonchev–Trinajstić information content (AvgIpc) is 2.81. The molecule has 7 nitrogen and oxygen atoms in total. The highest BCUT2D eigenvalue weighted by Crippen LogP contribution is 2.51. The first-order chi connectivity index (χ1) is 16.5. The predicted molar refractivity (Wildman–Crippen MR) is 116 cm³/mol. The number of benzene rings is 1. The number of fused-ring (bicyclic) bond motifs is 3. The van der Waals surface area contributed by atoms with Crippen LogP contribution in [0.5, 0.6) is 11.6 Å². The molecule has 1 amide bonds. The molecule has 1 aromatic heterocycles. The minimum Gasteiger partial charge on any atom is -0.486 e. The van der Waals surface area contributed by atoms with Crippen molar-refractivity contribution in [2.75, 3.05) is 18.5 Å². The van der Waals surface area contributed by atoms with Crippen molar-refractivity contribution >= 4 is 29.0 Å². The van der Waals surface area contributed by atoms with Crippen LogP contribution in [0.1, 0.15) is 32.1 Å². The molecule has 12 heteroatoms. The molecule has 1 aliphatic carbocycles. The number of carbonyl (C=O) groups excluding carboxylic acids is 2. The van der Waals surface area contributed by atoms with Crippen molar-refractivity contribution in [1.29, 1.82) is 0 Å². The van der Waals surface area contributed by atoms with Crippen LogP contribution in [0.25, 0.3) is 0 Å². The van der Waals surface area contributed by atoms with Crippen LogP contribution < -0.4 is 14.8 Å². The van der Waals surface area contributed by atoms with Crippen molar-refractivity contribution in [2.45, 2.75) is 44.1 Å². The summed E-state index contributed by atoms with van der Waals surface area (Å²) in [7, 11) is 0. The average molecular weight is 517 g/mol. The predicted octanol–water partition coefficient (Wildman–Crippen LogP) is 5.08. The van der Waals surface area contributed by atoms with E-state index in [2.05, 4.69) is 15.0 Å². The number of ether oxygens (including phenoxy) is 3. The van der Waals surface area contributed by atoms with E-state index in [0.717, 1.165) is 18.3 Å². The van der Waals surface area contributed by atoms with Crippen LogP contribution in [0.3, 0.4) is 0 Å². The SMILES string of the molecule is O=C(COc1ccc(Cl)c(F)c1)CC12CCC(C(=O)Nc3ccc(OC(F)(F)F)nc3)(CC1)OC2. The summed E-state index contributed by atoms with van der Waals surface area (Å²) in [6, 6.07) is 6.18. The molecule has 2 bridgehead atoms. The zero-order chi connectivity index (χ0) is 25.3. The standard InChI is InChI=1S/C23H21ClF4N2O5/c24-17-3-2-16(9-18(17)25)33-12-15(31)10-21-5-7-22(8-6-21,34-13-21)20(32)30-14-1-4-19(29-11-14)35-23(26,27)28/h1-4,9,11H,5-8,10,12-13H2,(H,30,32). The van der Waals surface area contributed by atoms with Crippen LogP contribution in [0.15, 0.2) is 36.5 Å². The largest absolute Gasteiger partial charge is 0.574 e. The number of hydrogen-bond donors (Lipinski definition) is 1. The summed E-state index contributed by atoms with van der Waals surface area (Å²) >= 11 is 5.63. The van der Waals surface area contributed by atoms with Crippen molar-refractivity contribution in [1.82, 2.24) is 4.98 Å². The quantitative estimate of drug-likeness (QED) is 0.492. The molecule has 35 heavy (non-hydrogen) atoms. The highest BCUT2D eigenvalue weighted by atomic mass is 35.5. The Hall–Kier alpha value is -2.92. The number of rotatable bonds is 8. The number of alkyl halides is 3. The highest BCUT2D eigenvalue weighted by Gasteiger charge is 2.54. The maximum atomic E-state index is 13.5.